The maximum Gasteiger partial charge on any atom is 0.433 e. The van der Waals surface area contributed by atoms with Gasteiger partial charge in [0.15, 0.2) is 5.69 Å². The molecule has 176 valence electrons. The van der Waals surface area contributed by atoms with Crippen LogP contribution in [0.25, 0.3) is 11.0 Å². The molecule has 0 aliphatic heterocycles. The van der Waals surface area contributed by atoms with E-state index in [0.717, 1.165) is 24.6 Å². The van der Waals surface area contributed by atoms with Gasteiger partial charge in [0.2, 0.25) is 10.0 Å². The summed E-state index contributed by atoms with van der Waals surface area (Å²) in [5.74, 6) is 1.33. The molecule has 2 heterocycles. The van der Waals surface area contributed by atoms with Gasteiger partial charge in [-0.15, -0.1) is 0 Å². The zero-order valence-corrected chi connectivity index (χ0v) is 18.7. The van der Waals surface area contributed by atoms with Crippen LogP contribution in [0.2, 0.25) is 0 Å². The van der Waals surface area contributed by atoms with E-state index in [-0.39, 0.29) is 23.8 Å². The fraction of sp³-hybridized carbons (Fsp3) is 0.435. The van der Waals surface area contributed by atoms with Crippen molar-refractivity contribution in [3.05, 3.63) is 59.1 Å². The van der Waals surface area contributed by atoms with Crippen LogP contribution in [0.15, 0.2) is 40.9 Å². The Hall–Kier alpha value is -2.59. The van der Waals surface area contributed by atoms with E-state index in [1.807, 2.05) is 0 Å². The lowest BCUT2D eigenvalue weighted by molar-refractivity contribution is -0.142. The highest BCUT2D eigenvalue weighted by Crippen LogP contribution is 2.51. The van der Waals surface area contributed by atoms with Crippen LogP contribution in [0, 0.1) is 12.8 Å². The molecule has 2 fully saturated rings. The fourth-order valence-electron chi connectivity index (χ4n) is 4.32. The molecule has 2 aromatic heterocycles. The maximum absolute atomic E-state index is 13.2. The first-order valence-corrected chi connectivity index (χ1v) is 12.4. The van der Waals surface area contributed by atoms with Gasteiger partial charge in [-0.1, -0.05) is 6.07 Å². The van der Waals surface area contributed by atoms with Gasteiger partial charge >= 0.3 is 6.18 Å². The number of pyridine rings is 1. The largest absolute Gasteiger partial charge is 0.489 e. The third kappa shape index (κ3) is 4.59. The molecule has 5 rings (SSSR count). The van der Waals surface area contributed by atoms with Crippen molar-refractivity contribution in [2.75, 3.05) is 5.75 Å². The summed E-state index contributed by atoms with van der Waals surface area (Å²) in [5, 5.41) is 0.693. The monoisotopic (exact) mass is 480 g/mol. The lowest BCUT2D eigenvalue weighted by atomic mass is 10.0. The second kappa shape index (κ2) is 7.73. The smallest absolute Gasteiger partial charge is 0.433 e. The van der Waals surface area contributed by atoms with Crippen LogP contribution >= 0.6 is 0 Å². The van der Waals surface area contributed by atoms with E-state index in [9.17, 15) is 21.6 Å². The molecule has 3 aromatic rings. The molecule has 0 amide bonds. The second-order valence-electron chi connectivity index (χ2n) is 8.90. The average Bonchev–Trinajstić information content (AvgIpc) is 3.65. The van der Waals surface area contributed by atoms with E-state index in [0.29, 0.717) is 35.3 Å². The van der Waals surface area contributed by atoms with Crippen LogP contribution < -0.4 is 9.46 Å². The van der Waals surface area contributed by atoms with Crippen LogP contribution in [-0.2, 0) is 28.3 Å². The molecule has 6 nitrogen and oxygen atoms in total. The third-order valence-electron chi connectivity index (χ3n) is 6.12. The molecule has 1 aromatic carbocycles. The van der Waals surface area contributed by atoms with Gasteiger partial charge in [-0.25, -0.2) is 13.1 Å². The van der Waals surface area contributed by atoms with Crippen molar-refractivity contribution in [1.82, 2.24) is 9.71 Å². The van der Waals surface area contributed by atoms with Gasteiger partial charge < -0.3 is 9.15 Å². The Morgan fingerprint density at radius 3 is 2.67 bits per heavy atom. The first kappa shape index (κ1) is 22.2. The summed E-state index contributed by atoms with van der Waals surface area (Å²) in [4.78, 5) is 3.44. The predicted molar refractivity (Wildman–Crippen MR) is 115 cm³/mol. The van der Waals surface area contributed by atoms with E-state index in [2.05, 4.69) is 9.71 Å². The molecule has 0 atom stereocenters. The first-order valence-electron chi connectivity index (χ1n) is 10.8. The number of hydrogen-bond acceptors (Lipinski definition) is 5. The highest BCUT2D eigenvalue weighted by Gasteiger charge is 2.50. The highest BCUT2D eigenvalue weighted by molar-refractivity contribution is 7.89. The van der Waals surface area contributed by atoms with Crippen molar-refractivity contribution in [3.8, 4) is 5.75 Å². The highest BCUT2D eigenvalue weighted by atomic mass is 32.2. The van der Waals surface area contributed by atoms with Crippen LogP contribution in [0.5, 0.6) is 5.75 Å². The topological polar surface area (TPSA) is 81.4 Å². The number of hydrogen-bond donors (Lipinski definition) is 1. The molecular formula is C23H23F3N2O4S. The minimum absolute atomic E-state index is 0.0693. The average molecular weight is 481 g/mol. The molecule has 10 heteroatoms. The Labute approximate surface area is 189 Å². The summed E-state index contributed by atoms with van der Waals surface area (Å²) in [7, 11) is -3.44. The van der Waals surface area contributed by atoms with Gasteiger partial charge in [0.05, 0.1) is 11.3 Å². The quantitative estimate of drug-likeness (QED) is 0.488. The minimum Gasteiger partial charge on any atom is -0.489 e. The summed E-state index contributed by atoms with van der Waals surface area (Å²) in [5.41, 5.74) is -0.429. The number of ether oxygens (including phenoxy) is 1. The summed E-state index contributed by atoms with van der Waals surface area (Å²) in [6.07, 6.45) is -0.290. The molecular weight excluding hydrogens is 457 g/mol. The number of sulfonamides is 1. The van der Waals surface area contributed by atoms with E-state index < -0.39 is 27.4 Å². The van der Waals surface area contributed by atoms with E-state index in [4.69, 9.17) is 9.15 Å². The van der Waals surface area contributed by atoms with Crippen molar-refractivity contribution in [3.63, 3.8) is 0 Å². The van der Waals surface area contributed by atoms with E-state index in [1.54, 1.807) is 25.1 Å². The Bertz CT molecular complexity index is 1310. The number of furan rings is 1. The first-order chi connectivity index (χ1) is 15.6. The molecule has 2 aliphatic rings. The van der Waals surface area contributed by atoms with Gasteiger partial charge in [-0.3, -0.25) is 4.98 Å². The van der Waals surface area contributed by atoms with Crippen molar-refractivity contribution in [1.29, 1.82) is 0 Å². The van der Waals surface area contributed by atoms with E-state index >= 15 is 0 Å². The molecule has 0 saturated heterocycles. The predicted octanol–water partition coefficient (Wildman–Crippen LogP) is 5.05. The Kier molecular flexibility index (Phi) is 5.20. The van der Waals surface area contributed by atoms with Gasteiger partial charge in [-0.2, -0.15) is 13.2 Å². The van der Waals surface area contributed by atoms with Gasteiger partial charge in [0, 0.05) is 22.7 Å². The van der Waals surface area contributed by atoms with Crippen LogP contribution in [0.1, 0.15) is 48.3 Å². The Morgan fingerprint density at radius 2 is 2.00 bits per heavy atom. The number of benzene rings is 1. The standard InChI is InChI=1S/C23H23F3N2O4S/c1-14-20(22(8-9-22)28-33(29,30)13-15-4-5-15)18-11-17(6-7-19(18)32-14)31-12-16-3-2-10-27-21(16)23(24,25)26/h2-3,6-7,10-11,15,28H,4-5,8-9,12-13H2,1H3. The molecule has 0 spiro atoms. The number of halogens is 3. The molecule has 1 N–H and O–H groups in total. The Balaban J connectivity index is 1.42. The number of nitrogens with zero attached hydrogens (tertiary/aromatic N) is 1. The number of fused-ring (bicyclic) bond motifs is 1. The van der Waals surface area contributed by atoms with Crippen LogP contribution in [0.4, 0.5) is 13.2 Å². The van der Waals surface area contributed by atoms with Crippen molar-refractivity contribution < 1.29 is 30.7 Å². The van der Waals surface area contributed by atoms with Crippen LogP contribution in [0.3, 0.4) is 0 Å². The molecule has 33 heavy (non-hydrogen) atoms. The van der Waals surface area contributed by atoms with Crippen molar-refractivity contribution in [2.45, 2.75) is 50.9 Å². The zero-order valence-electron chi connectivity index (χ0n) is 17.9. The zero-order chi connectivity index (χ0) is 23.4. The maximum atomic E-state index is 13.2. The molecule has 0 bridgehead atoms. The Morgan fingerprint density at radius 1 is 1.24 bits per heavy atom. The van der Waals surface area contributed by atoms with Crippen molar-refractivity contribution in [2.24, 2.45) is 5.92 Å². The van der Waals surface area contributed by atoms with Gasteiger partial charge in [0.1, 0.15) is 23.7 Å². The summed E-state index contributed by atoms with van der Waals surface area (Å²) >= 11 is 0. The summed E-state index contributed by atoms with van der Waals surface area (Å²) in [6, 6.07) is 7.76. The lowest BCUT2D eigenvalue weighted by Crippen LogP contribution is -2.37. The SMILES string of the molecule is Cc1oc2ccc(OCc3cccnc3C(F)(F)F)cc2c1C1(NS(=O)(=O)CC2CC2)CC1. The molecule has 2 saturated carbocycles. The minimum atomic E-state index is -4.57. The van der Waals surface area contributed by atoms with Gasteiger partial charge in [0.25, 0.3) is 0 Å². The molecule has 0 unspecified atom stereocenters. The number of nitrogens with one attached hydrogen (secondary N) is 1. The van der Waals surface area contributed by atoms with Crippen molar-refractivity contribution >= 4 is 21.0 Å². The normalized spacial score (nSPS) is 17.9. The number of aryl methyl sites for hydroxylation is 1. The second-order valence-corrected chi connectivity index (χ2v) is 10.7. The third-order valence-corrected chi connectivity index (χ3v) is 7.73. The summed E-state index contributed by atoms with van der Waals surface area (Å²) in [6.45, 7) is 1.48. The van der Waals surface area contributed by atoms with Gasteiger partial charge in [-0.05, 0) is 62.8 Å². The number of rotatable bonds is 8. The molecule has 2 aliphatic carbocycles. The summed E-state index contributed by atoms with van der Waals surface area (Å²) < 4.78 is 79.4. The molecule has 0 radical (unpaired) electrons. The fourth-order valence-corrected chi connectivity index (χ4v) is 6.26. The number of aromatic nitrogens is 1. The number of alkyl halides is 3. The van der Waals surface area contributed by atoms with Crippen LogP contribution in [-0.4, -0.2) is 19.2 Å². The lowest BCUT2D eigenvalue weighted by Gasteiger charge is -2.18. The van der Waals surface area contributed by atoms with E-state index in [1.165, 1.54) is 12.1 Å².